The van der Waals surface area contributed by atoms with E-state index in [1.807, 2.05) is 0 Å². The van der Waals surface area contributed by atoms with Gasteiger partial charge in [-0.05, 0) is 29.8 Å². The number of rotatable bonds is 5. The van der Waals surface area contributed by atoms with Crippen LogP contribution in [-0.4, -0.2) is 20.0 Å². The Morgan fingerprint density at radius 1 is 1.00 bits per heavy atom. The molecule has 0 spiro atoms. The predicted molar refractivity (Wildman–Crippen MR) is 73.9 cm³/mol. The van der Waals surface area contributed by atoms with Crippen molar-refractivity contribution in [2.75, 3.05) is 14.2 Å². The van der Waals surface area contributed by atoms with Crippen molar-refractivity contribution >= 4 is 5.78 Å². The molecule has 2 rings (SSSR count). The summed E-state index contributed by atoms with van der Waals surface area (Å²) in [6.07, 6.45) is -0.114. The number of ketones is 1. The molecular formula is C16H14F2O3. The van der Waals surface area contributed by atoms with Gasteiger partial charge in [-0.1, -0.05) is 0 Å². The molecule has 2 aromatic rings. The van der Waals surface area contributed by atoms with Crippen LogP contribution < -0.4 is 9.47 Å². The van der Waals surface area contributed by atoms with Crippen molar-refractivity contribution < 1.29 is 23.0 Å². The van der Waals surface area contributed by atoms with Crippen molar-refractivity contribution in [3.8, 4) is 11.5 Å². The molecule has 0 atom stereocenters. The van der Waals surface area contributed by atoms with Crippen molar-refractivity contribution in [2.45, 2.75) is 6.42 Å². The van der Waals surface area contributed by atoms with Gasteiger partial charge in [0.25, 0.3) is 0 Å². The summed E-state index contributed by atoms with van der Waals surface area (Å²) in [7, 11) is 2.94. The summed E-state index contributed by atoms with van der Waals surface area (Å²) in [5.74, 6) is -0.796. The van der Waals surface area contributed by atoms with Gasteiger partial charge in [-0.25, -0.2) is 8.78 Å². The maximum Gasteiger partial charge on any atom is 0.170 e. The Balaban J connectivity index is 2.27. The number of halogens is 2. The highest BCUT2D eigenvalue weighted by atomic mass is 19.1. The van der Waals surface area contributed by atoms with Gasteiger partial charge in [0.15, 0.2) is 5.78 Å². The van der Waals surface area contributed by atoms with Crippen LogP contribution in [0, 0.1) is 11.6 Å². The highest BCUT2D eigenvalue weighted by Gasteiger charge is 2.14. The molecule has 0 aromatic heterocycles. The van der Waals surface area contributed by atoms with E-state index in [1.54, 1.807) is 18.2 Å². The zero-order valence-corrected chi connectivity index (χ0v) is 11.7. The fourth-order valence-corrected chi connectivity index (χ4v) is 2.02. The molecule has 0 aliphatic carbocycles. The van der Waals surface area contributed by atoms with Crippen LogP contribution in [0.4, 0.5) is 8.78 Å². The summed E-state index contributed by atoms with van der Waals surface area (Å²) in [6.45, 7) is 0. The fraction of sp³-hybridized carbons (Fsp3) is 0.188. The van der Waals surface area contributed by atoms with E-state index in [9.17, 15) is 13.6 Å². The van der Waals surface area contributed by atoms with Crippen molar-refractivity contribution in [1.82, 2.24) is 0 Å². The Hall–Kier alpha value is -2.43. The quantitative estimate of drug-likeness (QED) is 0.792. The molecule has 0 heterocycles. The summed E-state index contributed by atoms with van der Waals surface area (Å²) < 4.78 is 36.5. The molecule has 0 bridgehead atoms. The largest absolute Gasteiger partial charge is 0.497 e. The second kappa shape index (κ2) is 6.35. The van der Waals surface area contributed by atoms with E-state index in [0.717, 1.165) is 18.2 Å². The smallest absolute Gasteiger partial charge is 0.170 e. The fourth-order valence-electron chi connectivity index (χ4n) is 2.02. The van der Waals surface area contributed by atoms with Gasteiger partial charge < -0.3 is 9.47 Å². The number of Topliss-reactive ketones (excluding diaryl/α,β-unsaturated/α-hetero) is 1. The highest BCUT2D eigenvalue weighted by Crippen LogP contribution is 2.26. The maximum absolute atomic E-state index is 13.1. The third-order valence-electron chi connectivity index (χ3n) is 3.00. The highest BCUT2D eigenvalue weighted by molar-refractivity contribution is 6.00. The predicted octanol–water partition coefficient (Wildman–Crippen LogP) is 3.41. The molecular weight excluding hydrogens is 278 g/mol. The molecule has 0 saturated heterocycles. The number of ether oxygens (including phenoxy) is 2. The molecule has 110 valence electrons. The normalized spacial score (nSPS) is 10.3. The van der Waals surface area contributed by atoms with Crippen LogP contribution in [-0.2, 0) is 6.42 Å². The lowest BCUT2D eigenvalue weighted by molar-refractivity contribution is 0.0990. The molecule has 0 N–H and O–H groups in total. The van der Waals surface area contributed by atoms with Crippen molar-refractivity contribution in [2.24, 2.45) is 0 Å². The Labute approximate surface area is 121 Å². The van der Waals surface area contributed by atoms with Gasteiger partial charge >= 0.3 is 0 Å². The summed E-state index contributed by atoms with van der Waals surface area (Å²) in [5, 5.41) is 0. The van der Waals surface area contributed by atoms with Crippen LogP contribution in [0.15, 0.2) is 36.4 Å². The molecule has 0 aliphatic heterocycles. The van der Waals surface area contributed by atoms with E-state index in [-0.39, 0.29) is 17.8 Å². The summed E-state index contributed by atoms with van der Waals surface area (Å²) in [4.78, 5) is 12.3. The zero-order chi connectivity index (χ0) is 15.4. The van der Waals surface area contributed by atoms with E-state index in [4.69, 9.17) is 9.47 Å². The minimum atomic E-state index is -0.709. The minimum Gasteiger partial charge on any atom is -0.497 e. The molecule has 3 nitrogen and oxygen atoms in total. The van der Waals surface area contributed by atoms with E-state index in [2.05, 4.69) is 0 Å². The first-order chi connectivity index (χ1) is 10.0. The Morgan fingerprint density at radius 2 is 1.67 bits per heavy atom. The van der Waals surface area contributed by atoms with E-state index >= 15 is 0 Å². The van der Waals surface area contributed by atoms with Crippen LogP contribution in [0.3, 0.4) is 0 Å². The molecule has 0 radical (unpaired) electrons. The van der Waals surface area contributed by atoms with E-state index in [1.165, 1.54) is 14.2 Å². The third kappa shape index (κ3) is 3.56. The monoisotopic (exact) mass is 292 g/mol. The lowest BCUT2D eigenvalue weighted by atomic mass is 10.0. The van der Waals surface area contributed by atoms with Gasteiger partial charge in [-0.2, -0.15) is 0 Å². The first-order valence-corrected chi connectivity index (χ1v) is 6.23. The summed E-state index contributed by atoms with van der Waals surface area (Å²) in [5.41, 5.74) is 0.610. The van der Waals surface area contributed by atoms with Gasteiger partial charge in [0.2, 0.25) is 0 Å². The maximum atomic E-state index is 13.1. The summed E-state index contributed by atoms with van der Waals surface area (Å²) >= 11 is 0. The van der Waals surface area contributed by atoms with Gasteiger partial charge in [-0.15, -0.1) is 0 Å². The topological polar surface area (TPSA) is 35.5 Å². The lowest BCUT2D eigenvalue weighted by Crippen LogP contribution is -2.06. The number of benzene rings is 2. The number of carbonyl (C=O) groups is 1. The molecule has 21 heavy (non-hydrogen) atoms. The zero-order valence-electron chi connectivity index (χ0n) is 11.7. The number of hydrogen-bond acceptors (Lipinski definition) is 3. The van der Waals surface area contributed by atoms with E-state index in [0.29, 0.717) is 17.1 Å². The van der Waals surface area contributed by atoms with Crippen molar-refractivity contribution in [3.05, 3.63) is 59.2 Å². The molecule has 0 amide bonds. The van der Waals surface area contributed by atoms with Crippen LogP contribution in [0.1, 0.15) is 15.9 Å². The Morgan fingerprint density at radius 3 is 2.24 bits per heavy atom. The minimum absolute atomic E-state index is 0.114. The van der Waals surface area contributed by atoms with Crippen molar-refractivity contribution in [3.63, 3.8) is 0 Å². The van der Waals surface area contributed by atoms with Crippen LogP contribution >= 0.6 is 0 Å². The Kier molecular flexibility index (Phi) is 4.52. The van der Waals surface area contributed by atoms with Crippen LogP contribution in [0.5, 0.6) is 11.5 Å². The molecule has 5 heteroatoms. The van der Waals surface area contributed by atoms with Crippen LogP contribution in [0.2, 0.25) is 0 Å². The number of hydrogen-bond donors (Lipinski definition) is 0. The van der Waals surface area contributed by atoms with E-state index < -0.39 is 11.6 Å². The van der Waals surface area contributed by atoms with Gasteiger partial charge in [0, 0.05) is 18.6 Å². The van der Waals surface area contributed by atoms with Gasteiger partial charge in [-0.3, -0.25) is 4.79 Å². The SMILES string of the molecule is COc1ccc(C(=O)Cc2cc(F)cc(F)c2)c(OC)c1. The average Bonchev–Trinajstić information content (AvgIpc) is 2.45. The first-order valence-electron chi connectivity index (χ1n) is 6.23. The van der Waals surface area contributed by atoms with Gasteiger partial charge in [0.05, 0.1) is 19.8 Å². The van der Waals surface area contributed by atoms with Crippen LogP contribution in [0.25, 0.3) is 0 Å². The molecule has 0 unspecified atom stereocenters. The average molecular weight is 292 g/mol. The standard InChI is InChI=1S/C16H14F2O3/c1-20-13-3-4-14(16(9-13)21-2)15(19)7-10-5-11(17)8-12(18)6-10/h3-6,8-9H,7H2,1-2H3. The number of carbonyl (C=O) groups excluding carboxylic acids is 1. The lowest BCUT2D eigenvalue weighted by Gasteiger charge is -2.09. The molecule has 0 fully saturated rings. The Bertz CT molecular complexity index is 648. The molecule has 2 aromatic carbocycles. The third-order valence-corrected chi connectivity index (χ3v) is 3.00. The van der Waals surface area contributed by atoms with Gasteiger partial charge in [0.1, 0.15) is 23.1 Å². The second-order valence-corrected chi connectivity index (χ2v) is 4.44. The van der Waals surface area contributed by atoms with Crippen molar-refractivity contribution in [1.29, 1.82) is 0 Å². The molecule has 0 aliphatic rings. The molecule has 0 saturated carbocycles. The summed E-state index contributed by atoms with van der Waals surface area (Å²) in [6, 6.07) is 7.81. The number of methoxy groups -OCH3 is 2. The first kappa shape index (κ1) is 15.0. The second-order valence-electron chi connectivity index (χ2n) is 4.44.